The molecule has 0 heterocycles. The number of hydrogen-bond acceptors (Lipinski definition) is 1. The Labute approximate surface area is 109 Å². The van der Waals surface area contributed by atoms with Gasteiger partial charge in [-0.05, 0) is 18.1 Å². The van der Waals surface area contributed by atoms with E-state index in [1.54, 1.807) is 42.5 Å². The van der Waals surface area contributed by atoms with Crippen LogP contribution in [0.25, 0.3) is 11.1 Å². The summed E-state index contributed by atoms with van der Waals surface area (Å²) in [7, 11) is 0. The van der Waals surface area contributed by atoms with Gasteiger partial charge in [-0.2, -0.15) is 13.2 Å². The van der Waals surface area contributed by atoms with Gasteiger partial charge in [-0.15, -0.1) is 0 Å². The van der Waals surface area contributed by atoms with Crippen LogP contribution in [0.3, 0.4) is 0 Å². The van der Waals surface area contributed by atoms with Crippen molar-refractivity contribution in [2.75, 3.05) is 0 Å². The number of halogens is 3. The first-order chi connectivity index (χ1) is 8.84. The third-order valence-electron chi connectivity index (χ3n) is 3.09. The molecule has 0 amide bonds. The van der Waals surface area contributed by atoms with Gasteiger partial charge >= 0.3 is 6.18 Å². The van der Waals surface area contributed by atoms with E-state index in [0.717, 1.165) is 6.92 Å². The zero-order chi connectivity index (χ0) is 14.1. The predicted octanol–water partition coefficient (Wildman–Crippen LogP) is 4.12. The van der Waals surface area contributed by atoms with Crippen molar-refractivity contribution >= 4 is 0 Å². The number of alkyl halides is 3. The summed E-state index contributed by atoms with van der Waals surface area (Å²) in [5.74, 6) is 0. The van der Waals surface area contributed by atoms with Crippen LogP contribution in [0.15, 0.2) is 54.6 Å². The maximum Gasteiger partial charge on any atom is 0.421 e. The second kappa shape index (κ2) is 4.70. The van der Waals surface area contributed by atoms with Crippen molar-refractivity contribution in [3.63, 3.8) is 0 Å². The number of hydrogen-bond donors (Lipinski definition) is 1. The first-order valence-corrected chi connectivity index (χ1v) is 5.78. The van der Waals surface area contributed by atoms with Gasteiger partial charge in [-0.3, -0.25) is 0 Å². The lowest BCUT2D eigenvalue weighted by Crippen LogP contribution is -2.39. The van der Waals surface area contributed by atoms with Gasteiger partial charge in [-0.1, -0.05) is 54.6 Å². The van der Waals surface area contributed by atoms with Gasteiger partial charge in [0.1, 0.15) is 0 Å². The molecule has 0 bridgehead atoms. The van der Waals surface area contributed by atoms with Gasteiger partial charge in [0.25, 0.3) is 0 Å². The Morgan fingerprint density at radius 2 is 1.37 bits per heavy atom. The monoisotopic (exact) mass is 266 g/mol. The Morgan fingerprint density at radius 3 is 1.95 bits per heavy atom. The fourth-order valence-electron chi connectivity index (χ4n) is 1.93. The second-order valence-electron chi connectivity index (χ2n) is 4.48. The highest BCUT2D eigenvalue weighted by Gasteiger charge is 2.52. The first kappa shape index (κ1) is 13.6. The highest BCUT2D eigenvalue weighted by Crippen LogP contribution is 2.42. The number of rotatable bonds is 2. The molecule has 0 fully saturated rings. The smallest absolute Gasteiger partial charge is 0.376 e. The Balaban J connectivity index is 2.61. The molecule has 1 N–H and O–H groups in total. The summed E-state index contributed by atoms with van der Waals surface area (Å²) in [6.07, 6.45) is -4.72. The van der Waals surface area contributed by atoms with Crippen LogP contribution >= 0.6 is 0 Å². The normalized spacial score (nSPS) is 15.0. The van der Waals surface area contributed by atoms with Gasteiger partial charge in [-0.25, -0.2) is 0 Å². The minimum Gasteiger partial charge on any atom is -0.376 e. The lowest BCUT2D eigenvalue weighted by atomic mass is 9.88. The highest BCUT2D eigenvalue weighted by atomic mass is 19.4. The lowest BCUT2D eigenvalue weighted by molar-refractivity contribution is -0.258. The molecule has 2 aromatic carbocycles. The predicted molar refractivity (Wildman–Crippen MR) is 67.5 cm³/mol. The molecular formula is C15H13F3O. The van der Waals surface area contributed by atoms with E-state index in [1.807, 2.05) is 0 Å². The van der Waals surface area contributed by atoms with Crippen LogP contribution in [0, 0.1) is 0 Å². The zero-order valence-corrected chi connectivity index (χ0v) is 10.3. The van der Waals surface area contributed by atoms with Gasteiger partial charge < -0.3 is 5.11 Å². The summed E-state index contributed by atoms with van der Waals surface area (Å²) < 4.78 is 38.9. The van der Waals surface area contributed by atoms with Crippen molar-refractivity contribution < 1.29 is 18.3 Å². The van der Waals surface area contributed by atoms with E-state index in [2.05, 4.69) is 0 Å². The van der Waals surface area contributed by atoms with E-state index in [0.29, 0.717) is 11.1 Å². The number of aliphatic hydroxyl groups is 1. The maximum absolute atomic E-state index is 13.0. The summed E-state index contributed by atoms with van der Waals surface area (Å²) in [4.78, 5) is 0. The molecule has 2 rings (SSSR count). The quantitative estimate of drug-likeness (QED) is 0.866. The third kappa shape index (κ3) is 2.49. The molecule has 4 heteroatoms. The molecule has 0 saturated heterocycles. The van der Waals surface area contributed by atoms with Gasteiger partial charge in [0.2, 0.25) is 0 Å². The van der Waals surface area contributed by atoms with Crippen LogP contribution in [-0.2, 0) is 5.60 Å². The highest BCUT2D eigenvalue weighted by molar-refractivity contribution is 5.68. The summed E-state index contributed by atoms with van der Waals surface area (Å²) in [6, 6.07) is 14.7. The molecule has 1 unspecified atom stereocenters. The second-order valence-corrected chi connectivity index (χ2v) is 4.48. The molecule has 19 heavy (non-hydrogen) atoms. The van der Waals surface area contributed by atoms with Gasteiger partial charge in [0.15, 0.2) is 5.60 Å². The molecule has 100 valence electrons. The van der Waals surface area contributed by atoms with E-state index in [-0.39, 0.29) is 5.56 Å². The Bertz CT molecular complexity index is 559. The van der Waals surface area contributed by atoms with Crippen molar-refractivity contribution in [3.8, 4) is 11.1 Å². The zero-order valence-electron chi connectivity index (χ0n) is 10.3. The average molecular weight is 266 g/mol. The molecule has 0 aliphatic carbocycles. The van der Waals surface area contributed by atoms with E-state index in [1.165, 1.54) is 12.1 Å². The van der Waals surface area contributed by atoms with Gasteiger partial charge in [0, 0.05) is 5.56 Å². The fourth-order valence-corrected chi connectivity index (χ4v) is 1.93. The molecule has 0 spiro atoms. The van der Waals surface area contributed by atoms with Gasteiger partial charge in [0.05, 0.1) is 0 Å². The minimum atomic E-state index is -4.72. The Kier molecular flexibility index (Phi) is 3.37. The molecule has 0 aliphatic rings. The average Bonchev–Trinajstić information content (AvgIpc) is 2.38. The first-order valence-electron chi connectivity index (χ1n) is 5.78. The standard InChI is InChI=1S/C15H13F3O/c1-14(19,15(16,17)18)13-10-6-5-9-12(13)11-7-3-2-4-8-11/h2-10,19H,1H3. The van der Waals surface area contributed by atoms with Crippen LogP contribution in [0.2, 0.25) is 0 Å². The summed E-state index contributed by atoms with van der Waals surface area (Å²) in [5.41, 5.74) is -2.00. The fraction of sp³-hybridized carbons (Fsp3) is 0.200. The summed E-state index contributed by atoms with van der Waals surface area (Å²) in [5, 5.41) is 9.84. The van der Waals surface area contributed by atoms with E-state index in [4.69, 9.17) is 0 Å². The molecule has 0 radical (unpaired) electrons. The Hall–Kier alpha value is -1.81. The van der Waals surface area contributed by atoms with Crippen LogP contribution in [0.4, 0.5) is 13.2 Å². The maximum atomic E-state index is 13.0. The molecule has 0 saturated carbocycles. The van der Waals surface area contributed by atoms with Crippen molar-refractivity contribution in [3.05, 3.63) is 60.2 Å². The topological polar surface area (TPSA) is 20.2 Å². The largest absolute Gasteiger partial charge is 0.421 e. The Morgan fingerprint density at radius 1 is 0.842 bits per heavy atom. The minimum absolute atomic E-state index is 0.145. The van der Waals surface area contributed by atoms with Crippen molar-refractivity contribution in [2.45, 2.75) is 18.7 Å². The van der Waals surface area contributed by atoms with Crippen molar-refractivity contribution in [2.24, 2.45) is 0 Å². The molecule has 0 aliphatic heterocycles. The van der Waals surface area contributed by atoms with Crippen LogP contribution in [0.5, 0.6) is 0 Å². The lowest BCUT2D eigenvalue weighted by Gasteiger charge is -2.28. The van der Waals surface area contributed by atoms with E-state index in [9.17, 15) is 18.3 Å². The molecule has 1 atom stereocenters. The molecule has 0 aromatic heterocycles. The molecule has 2 aromatic rings. The van der Waals surface area contributed by atoms with Crippen LogP contribution < -0.4 is 0 Å². The van der Waals surface area contributed by atoms with Crippen LogP contribution in [0.1, 0.15) is 12.5 Å². The van der Waals surface area contributed by atoms with Crippen molar-refractivity contribution in [1.29, 1.82) is 0 Å². The van der Waals surface area contributed by atoms with Crippen molar-refractivity contribution in [1.82, 2.24) is 0 Å². The third-order valence-corrected chi connectivity index (χ3v) is 3.09. The SMILES string of the molecule is CC(O)(c1ccccc1-c1ccccc1)C(F)(F)F. The molecular weight excluding hydrogens is 253 g/mol. The van der Waals surface area contributed by atoms with E-state index >= 15 is 0 Å². The molecule has 1 nitrogen and oxygen atoms in total. The van der Waals surface area contributed by atoms with E-state index < -0.39 is 11.8 Å². The summed E-state index contributed by atoms with van der Waals surface area (Å²) >= 11 is 0. The number of benzene rings is 2. The van der Waals surface area contributed by atoms with Crippen LogP contribution in [-0.4, -0.2) is 11.3 Å². The summed E-state index contributed by atoms with van der Waals surface area (Å²) in [6.45, 7) is 0.773.